The third-order valence-corrected chi connectivity index (χ3v) is 3.06. The number of halogens is 1. The van der Waals surface area contributed by atoms with Crippen LogP contribution in [0, 0.1) is 18.7 Å². The molecular formula is C15H23FN2O. The molecule has 1 rings (SSSR count). The van der Waals surface area contributed by atoms with E-state index in [9.17, 15) is 9.18 Å². The second kappa shape index (κ2) is 7.24. The largest absolute Gasteiger partial charge is 0.354 e. The lowest BCUT2D eigenvalue weighted by atomic mass is 10.0. The summed E-state index contributed by atoms with van der Waals surface area (Å²) in [4.78, 5) is 11.7. The Labute approximate surface area is 114 Å². The lowest BCUT2D eigenvalue weighted by molar-refractivity contribution is -0.122. The first-order chi connectivity index (χ1) is 8.90. The summed E-state index contributed by atoms with van der Waals surface area (Å²) in [5, 5.41) is 2.82. The van der Waals surface area contributed by atoms with E-state index in [1.54, 1.807) is 6.07 Å². The number of benzene rings is 1. The van der Waals surface area contributed by atoms with Crippen molar-refractivity contribution in [1.82, 2.24) is 5.32 Å². The van der Waals surface area contributed by atoms with Gasteiger partial charge in [-0.25, -0.2) is 4.39 Å². The first kappa shape index (κ1) is 15.6. The summed E-state index contributed by atoms with van der Waals surface area (Å²) in [6, 6.07) is 4.25. The van der Waals surface area contributed by atoms with Gasteiger partial charge >= 0.3 is 0 Å². The van der Waals surface area contributed by atoms with Crippen molar-refractivity contribution in [3.8, 4) is 0 Å². The standard InChI is InChI=1S/C15H23FN2O/c1-10(2)8-14(17)15(19)18-7-6-12-4-5-13(16)9-11(12)3/h4-5,9-10,14H,6-8,17H2,1-3H3,(H,18,19). The molecule has 4 heteroatoms. The van der Waals surface area contributed by atoms with Gasteiger partial charge in [-0.15, -0.1) is 0 Å². The highest BCUT2D eigenvalue weighted by molar-refractivity contribution is 5.81. The molecule has 19 heavy (non-hydrogen) atoms. The van der Waals surface area contributed by atoms with Gasteiger partial charge in [0, 0.05) is 6.54 Å². The van der Waals surface area contributed by atoms with Crippen LogP contribution in [-0.4, -0.2) is 18.5 Å². The zero-order valence-corrected chi connectivity index (χ0v) is 11.9. The maximum absolute atomic E-state index is 12.9. The van der Waals surface area contributed by atoms with E-state index >= 15 is 0 Å². The van der Waals surface area contributed by atoms with Crippen molar-refractivity contribution in [3.05, 3.63) is 35.1 Å². The molecule has 0 spiro atoms. The monoisotopic (exact) mass is 266 g/mol. The van der Waals surface area contributed by atoms with Crippen LogP contribution in [0.3, 0.4) is 0 Å². The summed E-state index contributed by atoms with van der Waals surface area (Å²) >= 11 is 0. The summed E-state index contributed by atoms with van der Waals surface area (Å²) in [6.07, 6.45) is 1.37. The summed E-state index contributed by atoms with van der Waals surface area (Å²) < 4.78 is 12.9. The number of rotatable bonds is 6. The summed E-state index contributed by atoms with van der Waals surface area (Å²) in [7, 11) is 0. The van der Waals surface area contributed by atoms with Crippen LogP contribution in [0.2, 0.25) is 0 Å². The molecule has 3 nitrogen and oxygen atoms in total. The van der Waals surface area contributed by atoms with Crippen LogP contribution in [0.4, 0.5) is 4.39 Å². The highest BCUT2D eigenvalue weighted by Gasteiger charge is 2.14. The van der Waals surface area contributed by atoms with E-state index < -0.39 is 6.04 Å². The Morgan fingerprint density at radius 3 is 2.68 bits per heavy atom. The molecule has 0 radical (unpaired) electrons. The summed E-state index contributed by atoms with van der Waals surface area (Å²) in [5.74, 6) is 0.0535. The quantitative estimate of drug-likeness (QED) is 0.829. The Bertz CT molecular complexity index is 432. The zero-order valence-electron chi connectivity index (χ0n) is 11.9. The van der Waals surface area contributed by atoms with Gasteiger partial charge in [-0.3, -0.25) is 4.79 Å². The fourth-order valence-corrected chi connectivity index (χ4v) is 2.01. The number of hydrogen-bond donors (Lipinski definition) is 2. The predicted molar refractivity (Wildman–Crippen MR) is 75.3 cm³/mol. The molecule has 0 aliphatic carbocycles. The Morgan fingerprint density at radius 2 is 2.11 bits per heavy atom. The molecule has 1 unspecified atom stereocenters. The van der Waals surface area contributed by atoms with Gasteiger partial charge in [-0.05, 0) is 48.9 Å². The molecule has 3 N–H and O–H groups in total. The van der Waals surface area contributed by atoms with Crippen LogP contribution < -0.4 is 11.1 Å². The SMILES string of the molecule is Cc1cc(F)ccc1CCNC(=O)C(N)CC(C)C. The molecule has 1 atom stereocenters. The Morgan fingerprint density at radius 1 is 1.42 bits per heavy atom. The second-order valence-electron chi connectivity index (χ2n) is 5.35. The fourth-order valence-electron chi connectivity index (χ4n) is 2.01. The molecule has 0 aliphatic heterocycles. The molecule has 0 aliphatic rings. The number of hydrogen-bond acceptors (Lipinski definition) is 2. The van der Waals surface area contributed by atoms with Crippen molar-refractivity contribution in [1.29, 1.82) is 0 Å². The fraction of sp³-hybridized carbons (Fsp3) is 0.533. The average molecular weight is 266 g/mol. The Balaban J connectivity index is 2.39. The van der Waals surface area contributed by atoms with Gasteiger partial charge in [0.2, 0.25) is 5.91 Å². The van der Waals surface area contributed by atoms with Crippen LogP contribution in [0.15, 0.2) is 18.2 Å². The number of aryl methyl sites for hydroxylation is 1. The molecule has 1 amide bonds. The lowest BCUT2D eigenvalue weighted by Crippen LogP contribution is -2.42. The number of nitrogens with two attached hydrogens (primary N) is 1. The number of amides is 1. The first-order valence-electron chi connectivity index (χ1n) is 6.68. The molecule has 0 fully saturated rings. The van der Waals surface area contributed by atoms with Gasteiger partial charge in [0.1, 0.15) is 5.82 Å². The molecule has 0 aromatic heterocycles. The molecule has 1 aromatic rings. The number of nitrogens with one attached hydrogen (secondary N) is 1. The molecule has 0 saturated carbocycles. The van der Waals surface area contributed by atoms with Crippen molar-refractivity contribution < 1.29 is 9.18 Å². The van der Waals surface area contributed by atoms with Crippen molar-refractivity contribution >= 4 is 5.91 Å². The third-order valence-electron chi connectivity index (χ3n) is 3.06. The number of carbonyl (C=O) groups excluding carboxylic acids is 1. The van der Waals surface area contributed by atoms with Crippen LogP contribution in [0.25, 0.3) is 0 Å². The van der Waals surface area contributed by atoms with Gasteiger partial charge < -0.3 is 11.1 Å². The minimum absolute atomic E-state index is 0.117. The number of carbonyl (C=O) groups is 1. The summed E-state index contributed by atoms with van der Waals surface area (Å²) in [6.45, 7) is 6.46. The van der Waals surface area contributed by atoms with Crippen molar-refractivity contribution in [3.63, 3.8) is 0 Å². The van der Waals surface area contributed by atoms with Crippen molar-refractivity contribution in [2.75, 3.05) is 6.54 Å². The van der Waals surface area contributed by atoms with E-state index in [0.29, 0.717) is 25.3 Å². The predicted octanol–water partition coefficient (Wildman–Crippen LogP) is 2.17. The van der Waals surface area contributed by atoms with E-state index in [-0.39, 0.29) is 11.7 Å². The van der Waals surface area contributed by atoms with Gasteiger partial charge in [0.05, 0.1) is 6.04 Å². The highest BCUT2D eigenvalue weighted by Crippen LogP contribution is 2.10. The summed E-state index contributed by atoms with van der Waals surface area (Å²) in [5.41, 5.74) is 7.73. The van der Waals surface area contributed by atoms with Crippen LogP contribution in [-0.2, 0) is 11.2 Å². The van der Waals surface area contributed by atoms with E-state index in [1.165, 1.54) is 12.1 Å². The van der Waals surface area contributed by atoms with Crippen molar-refractivity contribution in [2.24, 2.45) is 11.7 Å². The van der Waals surface area contributed by atoms with Gasteiger partial charge in [0.15, 0.2) is 0 Å². The van der Waals surface area contributed by atoms with Crippen LogP contribution in [0.1, 0.15) is 31.4 Å². The molecular weight excluding hydrogens is 243 g/mol. The van der Waals surface area contributed by atoms with Crippen LogP contribution in [0.5, 0.6) is 0 Å². The van der Waals surface area contributed by atoms with Gasteiger partial charge in [0.25, 0.3) is 0 Å². The van der Waals surface area contributed by atoms with E-state index in [1.807, 2.05) is 20.8 Å². The zero-order chi connectivity index (χ0) is 14.4. The lowest BCUT2D eigenvalue weighted by Gasteiger charge is -2.14. The maximum Gasteiger partial charge on any atom is 0.236 e. The Kier molecular flexibility index (Phi) is 5.96. The third kappa shape index (κ3) is 5.39. The first-order valence-corrected chi connectivity index (χ1v) is 6.68. The smallest absolute Gasteiger partial charge is 0.236 e. The van der Waals surface area contributed by atoms with Crippen LogP contribution >= 0.6 is 0 Å². The van der Waals surface area contributed by atoms with Gasteiger partial charge in [-0.2, -0.15) is 0 Å². The molecule has 106 valence electrons. The maximum atomic E-state index is 12.9. The van der Waals surface area contributed by atoms with E-state index in [0.717, 1.165) is 11.1 Å². The molecule has 0 saturated heterocycles. The Hall–Kier alpha value is -1.42. The molecule has 0 bridgehead atoms. The molecule has 0 heterocycles. The highest BCUT2D eigenvalue weighted by atomic mass is 19.1. The second-order valence-corrected chi connectivity index (χ2v) is 5.35. The van der Waals surface area contributed by atoms with Crippen molar-refractivity contribution in [2.45, 2.75) is 39.7 Å². The average Bonchev–Trinajstić information content (AvgIpc) is 2.30. The van der Waals surface area contributed by atoms with Gasteiger partial charge in [-0.1, -0.05) is 19.9 Å². The topological polar surface area (TPSA) is 55.1 Å². The normalized spacial score (nSPS) is 12.5. The minimum atomic E-state index is -0.450. The van der Waals surface area contributed by atoms with E-state index in [2.05, 4.69) is 5.32 Å². The van der Waals surface area contributed by atoms with E-state index in [4.69, 9.17) is 5.73 Å². The minimum Gasteiger partial charge on any atom is -0.354 e. The molecule has 1 aromatic carbocycles.